The second-order valence-electron chi connectivity index (χ2n) is 7.14. The molecule has 0 fully saturated rings. The van der Waals surface area contributed by atoms with Crippen LogP contribution < -0.4 is 21.1 Å². The molecule has 0 aliphatic carbocycles. The molecule has 2 atom stereocenters. The number of ether oxygens (including phenoxy) is 2. The van der Waals surface area contributed by atoms with Gasteiger partial charge in [-0.15, -0.1) is 11.3 Å². The van der Waals surface area contributed by atoms with Crippen LogP contribution in [0.1, 0.15) is 27.7 Å². The van der Waals surface area contributed by atoms with E-state index in [-0.39, 0.29) is 28.6 Å². The maximum atomic E-state index is 14.1. The number of thiazole rings is 1. The molecule has 34 heavy (non-hydrogen) atoms. The molecule has 1 aromatic heterocycles. The van der Waals surface area contributed by atoms with Gasteiger partial charge >= 0.3 is 5.97 Å². The second-order valence-corrected chi connectivity index (χ2v) is 8.00. The summed E-state index contributed by atoms with van der Waals surface area (Å²) in [6, 6.07) is 10.8. The third-order valence-electron chi connectivity index (χ3n) is 4.86. The van der Waals surface area contributed by atoms with E-state index in [9.17, 15) is 18.8 Å². The van der Waals surface area contributed by atoms with Crippen LogP contribution in [-0.4, -0.2) is 43.0 Å². The summed E-state index contributed by atoms with van der Waals surface area (Å²) < 4.78 is 23.6. The predicted molar refractivity (Wildman–Crippen MR) is 124 cm³/mol. The number of halogens is 1. The lowest BCUT2D eigenvalue weighted by molar-refractivity contribution is -0.127. The molecule has 178 valence electrons. The first-order chi connectivity index (χ1) is 16.3. The normalized spacial score (nSPS) is 12.4. The van der Waals surface area contributed by atoms with Crippen LogP contribution in [0.4, 0.5) is 9.52 Å². The van der Waals surface area contributed by atoms with Crippen LogP contribution in [0.15, 0.2) is 53.9 Å². The zero-order chi connectivity index (χ0) is 24.7. The molecule has 9 nitrogen and oxygen atoms in total. The summed E-state index contributed by atoms with van der Waals surface area (Å²) in [6.07, 6.45) is 0.164. The van der Waals surface area contributed by atoms with E-state index >= 15 is 0 Å². The van der Waals surface area contributed by atoms with E-state index in [0.717, 1.165) is 23.0 Å². The number of benzene rings is 2. The third-order valence-corrected chi connectivity index (χ3v) is 5.62. The third kappa shape index (κ3) is 6.15. The molecule has 0 radical (unpaired) electrons. The van der Waals surface area contributed by atoms with Gasteiger partial charge in [-0.25, -0.2) is 14.2 Å². The number of methoxy groups -OCH3 is 2. The summed E-state index contributed by atoms with van der Waals surface area (Å²) in [5.74, 6) is -2.51. The largest absolute Gasteiger partial charge is 0.494 e. The van der Waals surface area contributed by atoms with Crippen molar-refractivity contribution in [3.63, 3.8) is 0 Å². The van der Waals surface area contributed by atoms with E-state index < -0.39 is 35.7 Å². The number of nitrogens with two attached hydrogens (primary N) is 1. The molecule has 2 unspecified atom stereocenters. The van der Waals surface area contributed by atoms with Crippen LogP contribution in [-0.2, 0) is 20.7 Å². The first-order valence-corrected chi connectivity index (χ1v) is 11.0. The van der Waals surface area contributed by atoms with Crippen LogP contribution in [0.3, 0.4) is 0 Å². The molecule has 0 spiro atoms. The van der Waals surface area contributed by atoms with Gasteiger partial charge in [0.25, 0.3) is 0 Å². The topological polar surface area (TPSA) is 133 Å². The summed E-state index contributed by atoms with van der Waals surface area (Å²) in [6.45, 7) is 0. The van der Waals surface area contributed by atoms with Gasteiger partial charge in [0.1, 0.15) is 12.1 Å². The van der Waals surface area contributed by atoms with Gasteiger partial charge < -0.3 is 25.8 Å². The van der Waals surface area contributed by atoms with Gasteiger partial charge in [-0.3, -0.25) is 9.59 Å². The number of esters is 1. The van der Waals surface area contributed by atoms with Gasteiger partial charge in [0.05, 0.1) is 14.2 Å². The number of nitrogens with one attached hydrogen (secondary N) is 2. The maximum absolute atomic E-state index is 14.1. The fraction of sp³-hybridized carbons (Fsp3) is 0.217. The average Bonchev–Trinajstić information content (AvgIpc) is 3.31. The first-order valence-electron chi connectivity index (χ1n) is 10.1. The quantitative estimate of drug-likeness (QED) is 0.396. The van der Waals surface area contributed by atoms with Crippen molar-refractivity contribution in [1.82, 2.24) is 10.3 Å². The molecule has 1 heterocycles. The van der Waals surface area contributed by atoms with Crippen molar-refractivity contribution in [2.75, 3.05) is 19.5 Å². The number of carbonyl (C=O) groups is 3. The summed E-state index contributed by atoms with van der Waals surface area (Å²) >= 11 is 1.04. The zero-order valence-corrected chi connectivity index (χ0v) is 19.2. The lowest BCUT2D eigenvalue weighted by atomic mass is 10.0. The minimum absolute atomic E-state index is 0.0208. The number of amides is 2. The van der Waals surface area contributed by atoms with Gasteiger partial charge in [-0.1, -0.05) is 36.4 Å². The molecule has 0 aliphatic heterocycles. The second kappa shape index (κ2) is 11.3. The molecule has 0 saturated carbocycles. The van der Waals surface area contributed by atoms with Crippen LogP contribution in [0.25, 0.3) is 0 Å². The zero-order valence-electron chi connectivity index (χ0n) is 18.4. The number of rotatable bonds is 9. The number of nitrogens with zero attached hydrogens (tertiary/aromatic N) is 1. The van der Waals surface area contributed by atoms with Crippen LogP contribution in [0, 0.1) is 5.82 Å². The van der Waals surface area contributed by atoms with E-state index in [1.807, 2.05) is 18.2 Å². The van der Waals surface area contributed by atoms with Crippen molar-refractivity contribution < 1.29 is 28.2 Å². The van der Waals surface area contributed by atoms with Crippen molar-refractivity contribution in [3.8, 4) is 5.75 Å². The van der Waals surface area contributed by atoms with Crippen molar-refractivity contribution in [2.24, 2.45) is 5.73 Å². The van der Waals surface area contributed by atoms with E-state index in [2.05, 4.69) is 20.4 Å². The van der Waals surface area contributed by atoms with Crippen LogP contribution in [0.2, 0.25) is 0 Å². The van der Waals surface area contributed by atoms with E-state index in [0.29, 0.717) is 0 Å². The summed E-state index contributed by atoms with van der Waals surface area (Å²) in [7, 11) is 2.55. The molecule has 2 aromatic carbocycles. The number of hydrogen-bond donors (Lipinski definition) is 3. The van der Waals surface area contributed by atoms with Crippen LogP contribution in [0.5, 0.6) is 5.75 Å². The minimum Gasteiger partial charge on any atom is -0.494 e. The number of anilines is 1. The van der Waals surface area contributed by atoms with Gasteiger partial charge in [0.2, 0.25) is 11.8 Å². The molecule has 3 rings (SSSR count). The van der Waals surface area contributed by atoms with E-state index in [1.54, 1.807) is 12.1 Å². The van der Waals surface area contributed by atoms with Crippen LogP contribution >= 0.6 is 11.3 Å². The first kappa shape index (κ1) is 24.8. The van der Waals surface area contributed by atoms with Gasteiger partial charge in [0, 0.05) is 11.8 Å². The van der Waals surface area contributed by atoms with E-state index in [4.69, 9.17) is 10.5 Å². The molecule has 2 amide bonds. The van der Waals surface area contributed by atoms with Crippen molar-refractivity contribution in [3.05, 3.63) is 76.5 Å². The Balaban J connectivity index is 1.77. The summed E-state index contributed by atoms with van der Waals surface area (Å²) in [4.78, 5) is 41.5. The maximum Gasteiger partial charge on any atom is 0.357 e. The molecule has 0 aliphatic rings. The highest BCUT2D eigenvalue weighted by molar-refractivity contribution is 7.14. The Labute approximate surface area is 199 Å². The van der Waals surface area contributed by atoms with Crippen molar-refractivity contribution >= 4 is 34.3 Å². The predicted octanol–water partition coefficient (Wildman–Crippen LogP) is 2.44. The fourth-order valence-electron chi connectivity index (χ4n) is 3.07. The van der Waals surface area contributed by atoms with Gasteiger partial charge in [0.15, 0.2) is 22.4 Å². The fourth-order valence-corrected chi connectivity index (χ4v) is 3.75. The number of aromatic nitrogens is 1. The Morgan fingerprint density at radius 3 is 2.50 bits per heavy atom. The average molecular weight is 487 g/mol. The lowest BCUT2D eigenvalue weighted by Crippen LogP contribution is -2.48. The molecule has 0 saturated heterocycles. The molecular formula is C23H23FN4O5S. The molecule has 11 heteroatoms. The summed E-state index contributed by atoms with van der Waals surface area (Å²) in [5.41, 5.74) is 7.10. The van der Waals surface area contributed by atoms with Gasteiger partial charge in [-0.05, 0) is 23.3 Å². The number of hydrogen-bond acceptors (Lipinski definition) is 8. The Kier molecular flexibility index (Phi) is 8.28. The minimum atomic E-state index is -1.22. The monoisotopic (exact) mass is 486 g/mol. The molecule has 3 aromatic rings. The smallest absolute Gasteiger partial charge is 0.357 e. The SMILES string of the molecule is COC(=O)c1csc(NC(=O)C(Cc2ccccc2)NC(=O)C(N)c2ccc(OC)c(F)c2)n1. The Hall–Kier alpha value is -3.83. The lowest BCUT2D eigenvalue weighted by Gasteiger charge is -2.21. The van der Waals surface area contributed by atoms with Crippen molar-refractivity contribution in [1.29, 1.82) is 0 Å². The Morgan fingerprint density at radius 1 is 1.12 bits per heavy atom. The van der Waals surface area contributed by atoms with Crippen molar-refractivity contribution in [2.45, 2.75) is 18.5 Å². The highest BCUT2D eigenvalue weighted by Crippen LogP contribution is 2.21. The molecular weight excluding hydrogens is 463 g/mol. The van der Waals surface area contributed by atoms with E-state index in [1.165, 1.54) is 31.7 Å². The van der Waals surface area contributed by atoms with Gasteiger partial charge in [-0.2, -0.15) is 0 Å². The Bertz CT molecular complexity index is 1170. The highest BCUT2D eigenvalue weighted by atomic mass is 32.1. The standard InChI is InChI=1S/C23H23FN4O5S/c1-32-18-9-8-14(11-15(18)24)19(25)21(30)26-16(10-13-6-4-3-5-7-13)20(29)28-23-27-17(12-34-23)22(31)33-2/h3-9,11-12,16,19H,10,25H2,1-2H3,(H,26,30)(H,27,28,29). The Morgan fingerprint density at radius 2 is 1.85 bits per heavy atom. The molecule has 0 bridgehead atoms. The summed E-state index contributed by atoms with van der Waals surface area (Å²) in [5, 5.41) is 6.84. The highest BCUT2D eigenvalue weighted by Gasteiger charge is 2.26. The molecule has 4 N–H and O–H groups in total. The number of carbonyl (C=O) groups excluding carboxylic acids is 3.